The van der Waals surface area contributed by atoms with Gasteiger partial charge in [0.15, 0.2) is 0 Å². The summed E-state index contributed by atoms with van der Waals surface area (Å²) in [6.07, 6.45) is 5.47. The van der Waals surface area contributed by atoms with Crippen LogP contribution in [0, 0.1) is 5.92 Å². The molecule has 0 aromatic heterocycles. The van der Waals surface area contributed by atoms with Crippen LogP contribution in [0.3, 0.4) is 0 Å². The van der Waals surface area contributed by atoms with Crippen molar-refractivity contribution in [2.45, 2.75) is 39.5 Å². The number of hydrogen-bond acceptors (Lipinski definition) is 4. The zero-order valence-electron chi connectivity index (χ0n) is 10.1. The van der Waals surface area contributed by atoms with Gasteiger partial charge in [-0.25, -0.2) is 8.37 Å². The molecule has 0 fully saturated rings. The van der Waals surface area contributed by atoms with Gasteiger partial charge >= 0.3 is 40.0 Å². The fourth-order valence-corrected chi connectivity index (χ4v) is 1.93. The van der Waals surface area contributed by atoms with Gasteiger partial charge in [-0.05, 0) is 12.3 Å². The van der Waals surface area contributed by atoms with E-state index < -0.39 is 10.4 Å². The van der Waals surface area contributed by atoms with Crippen LogP contribution in [0.4, 0.5) is 0 Å². The molecule has 1 unspecified atom stereocenters. The summed E-state index contributed by atoms with van der Waals surface area (Å²) in [4.78, 5) is 0. The molecule has 0 saturated carbocycles. The Bertz CT molecular complexity index is 277. The Labute approximate surface area is 127 Å². The third-order valence-corrected chi connectivity index (χ3v) is 3.17. The molecule has 0 aliphatic carbocycles. The summed E-state index contributed by atoms with van der Waals surface area (Å²) in [6, 6.07) is 0. The summed E-state index contributed by atoms with van der Waals surface area (Å²) in [6.45, 7) is 7.66. The van der Waals surface area contributed by atoms with Crippen molar-refractivity contribution in [2.75, 3.05) is 13.2 Å². The molecule has 98 valence electrons. The van der Waals surface area contributed by atoms with Crippen molar-refractivity contribution < 1.29 is 16.8 Å². The van der Waals surface area contributed by atoms with E-state index in [0.717, 1.165) is 25.7 Å². The second-order valence-corrected chi connectivity index (χ2v) is 4.97. The number of hydrogen-bond donors (Lipinski definition) is 0. The van der Waals surface area contributed by atoms with Crippen LogP contribution in [0.25, 0.3) is 0 Å². The quantitative estimate of drug-likeness (QED) is 0.452. The molecule has 0 aliphatic rings. The van der Waals surface area contributed by atoms with E-state index >= 15 is 0 Å². The van der Waals surface area contributed by atoms with Crippen LogP contribution < -0.4 is 0 Å². The molecule has 0 radical (unpaired) electrons. The van der Waals surface area contributed by atoms with Gasteiger partial charge in [0, 0.05) is 0 Å². The van der Waals surface area contributed by atoms with Crippen molar-refractivity contribution in [3.05, 3.63) is 12.7 Å². The van der Waals surface area contributed by atoms with E-state index in [-0.39, 0.29) is 48.7 Å². The van der Waals surface area contributed by atoms with Crippen LogP contribution in [-0.4, -0.2) is 51.2 Å². The zero-order valence-corrected chi connectivity index (χ0v) is 11.0. The molecule has 0 bridgehead atoms. The summed E-state index contributed by atoms with van der Waals surface area (Å²) in [7, 11) is -3.85. The van der Waals surface area contributed by atoms with Gasteiger partial charge in [-0.3, -0.25) is 0 Å². The van der Waals surface area contributed by atoms with Crippen molar-refractivity contribution >= 4 is 40.0 Å². The van der Waals surface area contributed by atoms with Gasteiger partial charge in [0.25, 0.3) is 0 Å². The summed E-state index contributed by atoms with van der Waals surface area (Å²) in [5, 5.41) is 0. The minimum atomic E-state index is -3.85. The molecular weight excluding hydrogens is 251 g/mol. The summed E-state index contributed by atoms with van der Waals surface area (Å²) < 4.78 is 31.7. The molecule has 0 aromatic carbocycles. The molecule has 0 aromatic rings. The zero-order chi connectivity index (χ0) is 12.4. The predicted molar refractivity (Wildman–Crippen MR) is 71.5 cm³/mol. The molecule has 0 heterocycles. The first-order valence-electron chi connectivity index (χ1n) is 5.70. The topological polar surface area (TPSA) is 52.6 Å². The van der Waals surface area contributed by atoms with Gasteiger partial charge < -0.3 is 0 Å². The Balaban J connectivity index is 0. The first-order chi connectivity index (χ1) is 7.55. The Morgan fingerprint density at radius 1 is 1.29 bits per heavy atom. The van der Waals surface area contributed by atoms with Gasteiger partial charge in [0.1, 0.15) is 0 Å². The molecule has 0 amide bonds. The molecule has 4 nitrogen and oxygen atoms in total. The molecule has 0 spiro atoms. The number of rotatable bonds is 10. The normalized spacial score (nSPS) is 12.8. The van der Waals surface area contributed by atoms with Gasteiger partial charge in [-0.1, -0.05) is 39.2 Å². The van der Waals surface area contributed by atoms with Crippen LogP contribution in [-0.2, 0) is 18.8 Å². The van der Waals surface area contributed by atoms with E-state index in [4.69, 9.17) is 4.18 Å². The van der Waals surface area contributed by atoms with E-state index in [9.17, 15) is 8.42 Å². The molecular formula is C11H23NaO4S. The summed E-state index contributed by atoms with van der Waals surface area (Å²) in [5.74, 6) is 0.280. The molecule has 1 atom stereocenters. The predicted octanol–water partition coefficient (Wildman–Crippen LogP) is 2.02. The minimum absolute atomic E-state index is 0. The van der Waals surface area contributed by atoms with Crippen molar-refractivity contribution in [1.82, 2.24) is 0 Å². The molecule has 0 aliphatic heterocycles. The standard InChI is InChI=1S/C11H22O4S.Na.H/c1-4-7-8-11(6-3)10-15-16(12,13)14-9-5-2;;/h5,11H,2,4,6-10H2,1,3H3;;. The fourth-order valence-electron chi connectivity index (χ4n) is 1.24. The molecule has 0 N–H and O–H groups in total. The summed E-state index contributed by atoms with van der Waals surface area (Å²) in [5.41, 5.74) is 0. The molecule has 0 saturated heterocycles. The van der Waals surface area contributed by atoms with E-state index in [1.165, 1.54) is 6.08 Å². The van der Waals surface area contributed by atoms with E-state index in [2.05, 4.69) is 17.7 Å². The van der Waals surface area contributed by atoms with Crippen LogP contribution in [0.15, 0.2) is 12.7 Å². The Hall–Kier alpha value is 0.610. The molecule has 0 rings (SSSR count). The van der Waals surface area contributed by atoms with Gasteiger partial charge in [-0.2, -0.15) is 8.42 Å². The van der Waals surface area contributed by atoms with E-state index in [0.29, 0.717) is 0 Å². The second kappa shape index (κ2) is 11.7. The van der Waals surface area contributed by atoms with Crippen molar-refractivity contribution in [2.24, 2.45) is 5.92 Å². The number of unbranched alkanes of at least 4 members (excludes halogenated alkanes) is 1. The van der Waals surface area contributed by atoms with Crippen molar-refractivity contribution in [3.8, 4) is 0 Å². The molecule has 17 heavy (non-hydrogen) atoms. The first kappa shape index (κ1) is 19.9. The second-order valence-electron chi connectivity index (χ2n) is 3.68. The van der Waals surface area contributed by atoms with Gasteiger partial charge in [0.05, 0.1) is 13.2 Å². The van der Waals surface area contributed by atoms with E-state index in [1.807, 2.05) is 6.92 Å². The first-order valence-corrected chi connectivity index (χ1v) is 7.03. The summed E-state index contributed by atoms with van der Waals surface area (Å²) >= 11 is 0. The average molecular weight is 274 g/mol. The third kappa shape index (κ3) is 11.4. The van der Waals surface area contributed by atoms with Crippen LogP contribution in [0.1, 0.15) is 39.5 Å². The molecule has 6 heteroatoms. The Morgan fingerprint density at radius 2 is 1.94 bits per heavy atom. The third-order valence-electron chi connectivity index (χ3n) is 2.32. The van der Waals surface area contributed by atoms with Crippen molar-refractivity contribution in [1.29, 1.82) is 0 Å². The van der Waals surface area contributed by atoms with Crippen molar-refractivity contribution in [3.63, 3.8) is 0 Å². The van der Waals surface area contributed by atoms with Gasteiger partial charge in [-0.15, -0.1) is 6.58 Å². The van der Waals surface area contributed by atoms with Gasteiger partial charge in [0.2, 0.25) is 0 Å². The van der Waals surface area contributed by atoms with E-state index in [1.54, 1.807) is 0 Å². The fraction of sp³-hybridized carbons (Fsp3) is 0.818. The Kier molecular flexibility index (Phi) is 13.7. The monoisotopic (exact) mass is 274 g/mol. The Morgan fingerprint density at radius 3 is 2.41 bits per heavy atom. The SMILES string of the molecule is C=CCOS(=O)(=O)OCC(CC)CCCC.[NaH]. The van der Waals surface area contributed by atoms with Crippen LogP contribution in [0.5, 0.6) is 0 Å². The maximum atomic E-state index is 11.2. The maximum absolute atomic E-state index is 11.2. The van der Waals surface area contributed by atoms with Crippen LogP contribution in [0.2, 0.25) is 0 Å². The average Bonchev–Trinajstić information content (AvgIpc) is 2.27. The van der Waals surface area contributed by atoms with Crippen LogP contribution >= 0.6 is 0 Å².